The molecular formula is C9H16N2O2S. The summed E-state index contributed by atoms with van der Waals surface area (Å²) in [7, 11) is 1.81. The molecule has 0 spiro atoms. The van der Waals surface area contributed by atoms with Crippen LogP contribution in [0.25, 0.3) is 0 Å². The van der Waals surface area contributed by atoms with Gasteiger partial charge in [-0.05, 0) is 20.9 Å². The van der Waals surface area contributed by atoms with Gasteiger partial charge in [-0.3, -0.25) is 0 Å². The first kappa shape index (κ1) is 11.6. The highest BCUT2D eigenvalue weighted by atomic mass is 32.2. The Balaban J connectivity index is 2.38. The van der Waals surface area contributed by atoms with E-state index in [1.807, 2.05) is 20.9 Å². The Labute approximate surface area is 88.1 Å². The monoisotopic (exact) mass is 216 g/mol. The van der Waals surface area contributed by atoms with Gasteiger partial charge in [0.2, 0.25) is 0 Å². The first-order valence-corrected chi connectivity index (χ1v) is 5.51. The molecule has 0 aliphatic heterocycles. The van der Waals surface area contributed by atoms with Crippen molar-refractivity contribution in [3.05, 3.63) is 11.5 Å². The number of likely N-dealkylation sites (N-methyl/N-ethyl adjacent to an activating group) is 1. The van der Waals surface area contributed by atoms with Gasteiger partial charge in [-0.2, -0.15) is 0 Å². The molecule has 0 fully saturated rings. The highest BCUT2D eigenvalue weighted by molar-refractivity contribution is 7.99. The van der Waals surface area contributed by atoms with Crippen LogP contribution in [0.5, 0.6) is 0 Å². The van der Waals surface area contributed by atoms with Gasteiger partial charge in [0, 0.05) is 12.3 Å². The van der Waals surface area contributed by atoms with Crippen molar-refractivity contribution in [2.45, 2.75) is 25.2 Å². The number of rotatable bonds is 5. The average Bonchev–Trinajstić information content (AvgIpc) is 2.44. The summed E-state index contributed by atoms with van der Waals surface area (Å²) in [6, 6.07) is 0. The molecule has 0 aromatic carbocycles. The largest absolute Gasteiger partial charge is 0.437 e. The maximum absolute atomic E-state index is 9.43. The van der Waals surface area contributed by atoms with Crippen molar-refractivity contribution in [1.29, 1.82) is 0 Å². The Hall–Kier alpha value is -0.520. The van der Waals surface area contributed by atoms with Crippen LogP contribution < -0.4 is 5.32 Å². The molecule has 0 radical (unpaired) electrons. The van der Waals surface area contributed by atoms with Gasteiger partial charge in [0.05, 0.1) is 11.8 Å². The van der Waals surface area contributed by atoms with Crippen molar-refractivity contribution in [1.82, 2.24) is 10.3 Å². The lowest BCUT2D eigenvalue weighted by Crippen LogP contribution is -2.25. The van der Waals surface area contributed by atoms with Gasteiger partial charge >= 0.3 is 0 Å². The number of aliphatic hydroxyl groups is 1. The fourth-order valence-electron chi connectivity index (χ4n) is 0.967. The number of thioether (sulfide) groups is 1. The maximum Gasteiger partial charge on any atom is 0.256 e. The Morgan fingerprint density at radius 1 is 1.57 bits per heavy atom. The zero-order valence-electron chi connectivity index (χ0n) is 8.70. The smallest absolute Gasteiger partial charge is 0.256 e. The molecule has 5 heteroatoms. The van der Waals surface area contributed by atoms with E-state index in [0.717, 1.165) is 11.5 Å². The van der Waals surface area contributed by atoms with Crippen molar-refractivity contribution in [2.24, 2.45) is 0 Å². The summed E-state index contributed by atoms with van der Waals surface area (Å²) in [5, 5.41) is 13.0. The van der Waals surface area contributed by atoms with Crippen LogP contribution in [0.2, 0.25) is 0 Å². The topological polar surface area (TPSA) is 58.3 Å². The second-order valence-corrected chi connectivity index (χ2v) is 4.12. The van der Waals surface area contributed by atoms with Crippen LogP contribution in [-0.4, -0.2) is 35.5 Å². The van der Waals surface area contributed by atoms with Crippen molar-refractivity contribution in [3.8, 4) is 0 Å². The first-order valence-electron chi connectivity index (χ1n) is 4.53. The van der Waals surface area contributed by atoms with Gasteiger partial charge in [0.15, 0.2) is 0 Å². The van der Waals surface area contributed by atoms with Crippen molar-refractivity contribution in [2.75, 3.05) is 19.3 Å². The summed E-state index contributed by atoms with van der Waals surface area (Å²) in [4.78, 5) is 4.21. The van der Waals surface area contributed by atoms with Gasteiger partial charge in [0.1, 0.15) is 5.76 Å². The van der Waals surface area contributed by atoms with E-state index in [0.29, 0.717) is 17.5 Å². The lowest BCUT2D eigenvalue weighted by molar-refractivity contribution is 0.198. The SMILES string of the molecule is CNCC(O)CSc1nc(C)c(C)o1. The van der Waals surface area contributed by atoms with Gasteiger partial charge in [-0.1, -0.05) is 11.8 Å². The van der Waals surface area contributed by atoms with Crippen LogP contribution in [0.3, 0.4) is 0 Å². The minimum atomic E-state index is -0.363. The minimum absolute atomic E-state index is 0.363. The van der Waals surface area contributed by atoms with Gasteiger partial charge in [-0.15, -0.1) is 0 Å². The number of aliphatic hydroxyl groups excluding tert-OH is 1. The van der Waals surface area contributed by atoms with E-state index in [9.17, 15) is 5.11 Å². The molecule has 0 saturated heterocycles. The normalized spacial score (nSPS) is 13.1. The summed E-state index contributed by atoms with van der Waals surface area (Å²) in [5.41, 5.74) is 0.913. The second-order valence-electron chi connectivity index (χ2n) is 3.14. The predicted molar refractivity (Wildman–Crippen MR) is 56.6 cm³/mol. The number of hydrogen-bond donors (Lipinski definition) is 2. The summed E-state index contributed by atoms with van der Waals surface area (Å²) in [6.07, 6.45) is -0.363. The second kappa shape index (κ2) is 5.38. The molecule has 1 aromatic rings. The number of oxazole rings is 1. The zero-order chi connectivity index (χ0) is 10.6. The molecule has 0 aliphatic carbocycles. The Morgan fingerprint density at radius 3 is 2.79 bits per heavy atom. The Kier molecular flexibility index (Phi) is 4.44. The fraction of sp³-hybridized carbons (Fsp3) is 0.667. The predicted octanol–water partition coefficient (Wildman–Crippen LogP) is 0.964. The van der Waals surface area contributed by atoms with Crippen LogP contribution >= 0.6 is 11.8 Å². The molecule has 1 heterocycles. The van der Waals surface area contributed by atoms with Crippen molar-refractivity contribution < 1.29 is 9.52 Å². The molecule has 0 bridgehead atoms. The number of nitrogens with zero attached hydrogens (tertiary/aromatic N) is 1. The third kappa shape index (κ3) is 3.32. The third-order valence-corrected chi connectivity index (χ3v) is 2.82. The standard InChI is InChI=1S/C9H16N2O2S/c1-6-7(2)13-9(11-6)14-5-8(12)4-10-3/h8,10,12H,4-5H2,1-3H3. The summed E-state index contributed by atoms with van der Waals surface area (Å²) >= 11 is 1.44. The van der Waals surface area contributed by atoms with E-state index in [1.54, 1.807) is 0 Å². The molecule has 0 amide bonds. The van der Waals surface area contributed by atoms with Gasteiger partial charge in [0.25, 0.3) is 5.22 Å². The van der Waals surface area contributed by atoms with E-state index in [1.165, 1.54) is 11.8 Å². The summed E-state index contributed by atoms with van der Waals surface area (Å²) in [6.45, 7) is 4.38. The molecule has 0 aliphatic rings. The molecule has 1 unspecified atom stereocenters. The quantitative estimate of drug-likeness (QED) is 0.718. The summed E-state index contributed by atoms with van der Waals surface area (Å²) in [5.74, 6) is 1.44. The van der Waals surface area contributed by atoms with E-state index in [4.69, 9.17) is 4.42 Å². The van der Waals surface area contributed by atoms with E-state index >= 15 is 0 Å². The van der Waals surface area contributed by atoms with Crippen LogP contribution in [0, 0.1) is 13.8 Å². The van der Waals surface area contributed by atoms with Gasteiger partial charge in [-0.25, -0.2) is 4.98 Å². The molecule has 80 valence electrons. The Morgan fingerprint density at radius 2 is 2.29 bits per heavy atom. The van der Waals surface area contributed by atoms with Crippen molar-refractivity contribution in [3.63, 3.8) is 0 Å². The van der Waals surface area contributed by atoms with Crippen LogP contribution in [0.1, 0.15) is 11.5 Å². The molecule has 1 atom stereocenters. The number of nitrogens with one attached hydrogen (secondary N) is 1. The lowest BCUT2D eigenvalue weighted by atomic mass is 10.4. The number of aryl methyl sites for hydroxylation is 2. The summed E-state index contributed by atoms with van der Waals surface area (Å²) < 4.78 is 5.36. The average molecular weight is 216 g/mol. The first-order chi connectivity index (χ1) is 6.63. The lowest BCUT2D eigenvalue weighted by Gasteiger charge is -2.06. The molecule has 14 heavy (non-hydrogen) atoms. The Bertz CT molecular complexity index is 269. The number of hydrogen-bond acceptors (Lipinski definition) is 5. The molecule has 2 N–H and O–H groups in total. The van der Waals surface area contributed by atoms with E-state index in [2.05, 4.69) is 10.3 Å². The molecule has 1 rings (SSSR count). The fourth-order valence-corrected chi connectivity index (χ4v) is 1.81. The van der Waals surface area contributed by atoms with E-state index < -0.39 is 0 Å². The van der Waals surface area contributed by atoms with Crippen molar-refractivity contribution >= 4 is 11.8 Å². The van der Waals surface area contributed by atoms with E-state index in [-0.39, 0.29) is 6.10 Å². The zero-order valence-corrected chi connectivity index (χ0v) is 9.52. The molecule has 4 nitrogen and oxygen atoms in total. The third-order valence-electron chi connectivity index (χ3n) is 1.85. The molecule has 0 saturated carbocycles. The molecule has 1 aromatic heterocycles. The molecular weight excluding hydrogens is 200 g/mol. The van der Waals surface area contributed by atoms with Crippen LogP contribution in [0.15, 0.2) is 9.64 Å². The highest BCUT2D eigenvalue weighted by Gasteiger charge is 2.09. The van der Waals surface area contributed by atoms with Crippen LogP contribution in [-0.2, 0) is 0 Å². The minimum Gasteiger partial charge on any atom is -0.437 e. The van der Waals surface area contributed by atoms with Crippen LogP contribution in [0.4, 0.5) is 0 Å². The van der Waals surface area contributed by atoms with Gasteiger partial charge < -0.3 is 14.8 Å². The highest BCUT2D eigenvalue weighted by Crippen LogP contribution is 2.20. The maximum atomic E-state index is 9.43. The number of aromatic nitrogens is 1.